The number of carbonyl (C=O) groups excluding carboxylic acids is 1. The first-order chi connectivity index (χ1) is 9.45. The van der Waals surface area contributed by atoms with E-state index in [0.717, 1.165) is 12.1 Å². The van der Waals surface area contributed by atoms with Gasteiger partial charge in [0.05, 0.1) is 19.2 Å². The van der Waals surface area contributed by atoms with Gasteiger partial charge >= 0.3 is 5.97 Å². The molecule has 0 unspecified atom stereocenters. The van der Waals surface area contributed by atoms with E-state index in [-0.39, 0.29) is 28.7 Å². The van der Waals surface area contributed by atoms with E-state index in [0.29, 0.717) is 0 Å². The Morgan fingerprint density at radius 2 is 2.20 bits per heavy atom. The maximum atomic E-state index is 10.8. The molecular weight excluding hydrogens is 272 g/mol. The summed E-state index contributed by atoms with van der Waals surface area (Å²) in [5.74, 6) is -0.495. The summed E-state index contributed by atoms with van der Waals surface area (Å²) in [7, 11) is 1.23. The van der Waals surface area contributed by atoms with Gasteiger partial charge in [-0.05, 0) is 18.2 Å². The zero-order valence-corrected chi connectivity index (χ0v) is 10.4. The summed E-state index contributed by atoms with van der Waals surface area (Å²) in [5, 5.41) is 41.8. The van der Waals surface area contributed by atoms with E-state index in [4.69, 9.17) is 10.4 Å². The highest BCUT2D eigenvalue weighted by Gasteiger charge is 2.08. The molecule has 0 radical (unpaired) electrons. The normalized spacial score (nSPS) is 10.4. The SMILES string of the molecule is COC(=O)CC=NNc1ccc(N([O-])[O-])cc1N(O)O. The quantitative estimate of drug-likeness (QED) is 0.396. The van der Waals surface area contributed by atoms with Crippen molar-refractivity contribution in [2.45, 2.75) is 6.42 Å². The Hall–Kier alpha value is -2.40. The Morgan fingerprint density at radius 3 is 2.75 bits per heavy atom. The molecule has 1 aromatic rings. The Kier molecular flexibility index (Phi) is 5.68. The van der Waals surface area contributed by atoms with E-state index in [2.05, 4.69) is 15.3 Å². The summed E-state index contributed by atoms with van der Waals surface area (Å²) in [6.07, 6.45) is 1.13. The smallest absolute Gasteiger partial charge is 0.311 e. The van der Waals surface area contributed by atoms with Crippen molar-refractivity contribution < 1.29 is 19.9 Å². The van der Waals surface area contributed by atoms with Crippen LogP contribution in [0.25, 0.3) is 0 Å². The van der Waals surface area contributed by atoms with Gasteiger partial charge < -0.3 is 20.4 Å². The second-order valence-electron chi connectivity index (χ2n) is 3.45. The fourth-order valence-corrected chi connectivity index (χ4v) is 1.21. The van der Waals surface area contributed by atoms with Gasteiger partial charge in [-0.1, -0.05) is 0 Å². The van der Waals surface area contributed by atoms with Crippen LogP contribution in [0, 0.1) is 10.4 Å². The first-order valence-corrected chi connectivity index (χ1v) is 5.26. The zero-order valence-electron chi connectivity index (χ0n) is 10.4. The van der Waals surface area contributed by atoms with Gasteiger partial charge in [-0.3, -0.25) is 20.6 Å². The van der Waals surface area contributed by atoms with Crippen LogP contribution >= 0.6 is 0 Å². The van der Waals surface area contributed by atoms with Gasteiger partial charge in [0.2, 0.25) is 0 Å². The van der Waals surface area contributed by atoms with Crippen molar-refractivity contribution in [3.63, 3.8) is 0 Å². The van der Waals surface area contributed by atoms with Gasteiger partial charge in [0, 0.05) is 11.9 Å². The van der Waals surface area contributed by atoms with E-state index in [1.807, 2.05) is 0 Å². The number of methoxy groups -OCH3 is 1. The van der Waals surface area contributed by atoms with Gasteiger partial charge in [-0.25, -0.2) is 0 Å². The van der Waals surface area contributed by atoms with Crippen molar-refractivity contribution >= 4 is 29.2 Å². The highest BCUT2D eigenvalue weighted by molar-refractivity contribution is 5.86. The monoisotopic (exact) mass is 284 g/mol. The van der Waals surface area contributed by atoms with Crippen LogP contribution in [0.15, 0.2) is 23.3 Å². The summed E-state index contributed by atoms with van der Waals surface area (Å²) in [5.41, 5.74) is 1.93. The predicted molar refractivity (Wildman–Crippen MR) is 70.5 cm³/mol. The number of nitrogens with zero attached hydrogens (tertiary/aromatic N) is 3. The van der Waals surface area contributed by atoms with Crippen LogP contribution < -0.4 is 15.9 Å². The molecule has 0 bridgehead atoms. The first-order valence-electron chi connectivity index (χ1n) is 5.26. The van der Waals surface area contributed by atoms with Gasteiger partial charge in [0.25, 0.3) is 0 Å². The number of hydrogen-bond acceptors (Lipinski definition) is 10. The molecule has 10 nitrogen and oxygen atoms in total. The minimum Gasteiger partial charge on any atom is -0.769 e. The highest BCUT2D eigenvalue weighted by atomic mass is 16.8. The van der Waals surface area contributed by atoms with Crippen LogP contribution in [0.3, 0.4) is 0 Å². The van der Waals surface area contributed by atoms with Gasteiger partial charge in [0.1, 0.15) is 5.69 Å². The average molecular weight is 284 g/mol. The maximum absolute atomic E-state index is 10.8. The van der Waals surface area contributed by atoms with E-state index < -0.39 is 11.2 Å². The molecule has 0 aromatic heterocycles. The fraction of sp³-hybridized carbons (Fsp3) is 0.200. The number of esters is 1. The molecule has 0 saturated carbocycles. The second kappa shape index (κ2) is 7.25. The molecule has 1 aromatic carbocycles. The fourth-order valence-electron chi connectivity index (χ4n) is 1.21. The summed E-state index contributed by atoms with van der Waals surface area (Å²) >= 11 is 0. The van der Waals surface area contributed by atoms with Crippen LogP contribution in [0.5, 0.6) is 0 Å². The van der Waals surface area contributed by atoms with Crippen molar-refractivity contribution in [1.29, 1.82) is 0 Å². The van der Waals surface area contributed by atoms with Gasteiger partial charge in [-0.15, -0.1) is 5.23 Å². The van der Waals surface area contributed by atoms with Crippen LogP contribution in [0.1, 0.15) is 6.42 Å². The molecule has 0 aliphatic carbocycles. The lowest BCUT2D eigenvalue weighted by Gasteiger charge is -2.37. The van der Waals surface area contributed by atoms with Crippen molar-refractivity contribution in [2.75, 3.05) is 23.0 Å². The number of carbonyl (C=O) groups is 1. The number of rotatable bonds is 6. The third-order valence-electron chi connectivity index (χ3n) is 2.17. The zero-order chi connectivity index (χ0) is 15.1. The Bertz CT molecular complexity index is 491. The molecule has 20 heavy (non-hydrogen) atoms. The minimum atomic E-state index is -0.683. The van der Waals surface area contributed by atoms with E-state index in [1.54, 1.807) is 0 Å². The molecule has 1 rings (SSSR count). The van der Waals surface area contributed by atoms with E-state index >= 15 is 0 Å². The molecule has 110 valence electrons. The van der Waals surface area contributed by atoms with Crippen molar-refractivity contribution in [3.8, 4) is 0 Å². The lowest BCUT2D eigenvalue weighted by Crippen LogP contribution is -2.14. The summed E-state index contributed by atoms with van der Waals surface area (Å²) in [6.45, 7) is 0. The van der Waals surface area contributed by atoms with Gasteiger partial charge in [0.15, 0.2) is 0 Å². The number of benzene rings is 1. The summed E-state index contributed by atoms with van der Waals surface area (Å²) in [6, 6.07) is 3.34. The molecule has 0 saturated heterocycles. The topological polar surface area (TPSA) is 144 Å². The maximum Gasteiger partial charge on any atom is 0.311 e. The average Bonchev–Trinajstić information content (AvgIpc) is 2.42. The molecule has 0 atom stereocenters. The van der Waals surface area contributed by atoms with Gasteiger partial charge in [-0.2, -0.15) is 5.10 Å². The Labute approximate surface area is 113 Å². The first kappa shape index (κ1) is 15.7. The third-order valence-corrected chi connectivity index (χ3v) is 2.17. The molecule has 0 fully saturated rings. The lowest BCUT2D eigenvalue weighted by atomic mass is 10.2. The minimum absolute atomic E-state index is 0.0756. The Morgan fingerprint density at radius 1 is 1.50 bits per heavy atom. The highest BCUT2D eigenvalue weighted by Crippen LogP contribution is 2.29. The molecule has 0 amide bonds. The molecule has 0 spiro atoms. The standard InChI is InChI=1S/C10H12N4O6/c1-20-10(15)4-5-11-12-8-3-2-7(13(16)17)6-9(8)14(18)19/h2-3,5-6,12,18-19H,4H2,1H3/q-2. The number of ether oxygens (including phenoxy) is 1. The van der Waals surface area contributed by atoms with Crippen molar-refractivity contribution in [1.82, 2.24) is 0 Å². The second-order valence-corrected chi connectivity index (χ2v) is 3.45. The predicted octanol–water partition coefficient (Wildman–Crippen LogP) is 1.03. The number of hydrazone groups is 1. The Balaban J connectivity index is 2.81. The van der Waals surface area contributed by atoms with Crippen molar-refractivity contribution in [2.24, 2.45) is 5.10 Å². The molecule has 0 heterocycles. The van der Waals surface area contributed by atoms with Crippen LogP contribution in [0.2, 0.25) is 0 Å². The molecule has 0 aliphatic heterocycles. The van der Waals surface area contributed by atoms with Crippen LogP contribution in [-0.2, 0) is 9.53 Å². The van der Waals surface area contributed by atoms with E-state index in [1.165, 1.54) is 19.4 Å². The number of nitrogens with one attached hydrogen (secondary N) is 1. The van der Waals surface area contributed by atoms with Crippen molar-refractivity contribution in [3.05, 3.63) is 28.6 Å². The molecule has 0 aliphatic rings. The molecule has 3 N–H and O–H groups in total. The largest absolute Gasteiger partial charge is 0.769 e. The number of hydrogen-bond donors (Lipinski definition) is 3. The molecular formula is C10H12N4O6-2. The number of anilines is 3. The summed E-state index contributed by atoms with van der Waals surface area (Å²) < 4.78 is 4.39. The van der Waals surface area contributed by atoms with Crippen LogP contribution in [-0.4, -0.2) is 29.7 Å². The summed E-state index contributed by atoms with van der Waals surface area (Å²) in [4.78, 5) is 10.8. The third kappa shape index (κ3) is 4.37. The van der Waals surface area contributed by atoms with Crippen LogP contribution in [0.4, 0.5) is 17.1 Å². The molecule has 10 heteroatoms. The lowest BCUT2D eigenvalue weighted by molar-refractivity contribution is -0.139. The van der Waals surface area contributed by atoms with E-state index in [9.17, 15) is 15.2 Å².